The molecule has 2 nitrogen and oxygen atoms in total. The molecule has 0 amide bonds. The molecule has 0 bridgehead atoms. The molecule has 3 saturated carbocycles. The topological polar surface area (TPSA) is 26.3 Å². The number of hydrogen-bond acceptors (Lipinski definition) is 2. The van der Waals surface area contributed by atoms with Gasteiger partial charge in [0, 0.05) is 11.0 Å². The molecule has 0 radical (unpaired) electrons. The third-order valence-electron chi connectivity index (χ3n) is 8.62. The Kier molecular flexibility index (Phi) is 5.62. The summed E-state index contributed by atoms with van der Waals surface area (Å²) in [7, 11) is 0. The minimum absolute atomic E-state index is 0.137. The van der Waals surface area contributed by atoms with Crippen molar-refractivity contribution in [3.05, 3.63) is 12.2 Å². The quantitative estimate of drug-likeness (QED) is 0.428. The Bertz CT molecular complexity index is 550. The maximum atomic E-state index is 12.0. The van der Waals surface area contributed by atoms with E-state index in [0.29, 0.717) is 23.5 Å². The summed E-state index contributed by atoms with van der Waals surface area (Å²) in [5, 5.41) is 0. The lowest BCUT2D eigenvalue weighted by molar-refractivity contribution is -0.160. The predicted octanol–water partition coefficient (Wildman–Crippen LogP) is 6.40. The Morgan fingerprint density at radius 3 is 2.54 bits per heavy atom. The first kappa shape index (κ1) is 20.0. The van der Waals surface area contributed by atoms with Crippen LogP contribution in [-0.4, -0.2) is 12.6 Å². The van der Waals surface area contributed by atoms with Gasteiger partial charge in [-0.15, -0.1) is 0 Å². The maximum absolute atomic E-state index is 12.0. The van der Waals surface area contributed by atoms with Crippen molar-refractivity contribution in [3.63, 3.8) is 0 Å². The van der Waals surface area contributed by atoms with Gasteiger partial charge in [-0.1, -0.05) is 40.7 Å². The van der Waals surface area contributed by atoms with Crippen LogP contribution in [0.1, 0.15) is 86.0 Å². The molecule has 0 aromatic carbocycles. The van der Waals surface area contributed by atoms with Gasteiger partial charge in [0.2, 0.25) is 0 Å². The molecule has 0 heterocycles. The first-order valence-electron chi connectivity index (χ1n) is 11.0. The summed E-state index contributed by atoms with van der Waals surface area (Å²) in [6.45, 7) is 15.8. The predicted molar refractivity (Wildman–Crippen MR) is 108 cm³/mol. The molecule has 2 heteroatoms. The SMILES string of the molecule is C=C(C)C(=O)OCC1(C)CCCC2(C)C3CCC(C(C)C)CC3CCC12. The summed E-state index contributed by atoms with van der Waals surface area (Å²) in [5.41, 5.74) is 1.09. The van der Waals surface area contributed by atoms with Crippen molar-refractivity contribution in [2.75, 3.05) is 6.61 Å². The number of fused-ring (bicyclic) bond motifs is 3. The number of carbonyl (C=O) groups excluding carboxylic acids is 1. The van der Waals surface area contributed by atoms with Crippen LogP contribution in [0.3, 0.4) is 0 Å². The van der Waals surface area contributed by atoms with E-state index in [1.807, 2.05) is 0 Å². The highest BCUT2D eigenvalue weighted by molar-refractivity contribution is 5.86. The van der Waals surface area contributed by atoms with Gasteiger partial charge in [0.25, 0.3) is 0 Å². The van der Waals surface area contributed by atoms with Crippen LogP contribution in [-0.2, 0) is 9.53 Å². The van der Waals surface area contributed by atoms with Gasteiger partial charge >= 0.3 is 5.97 Å². The zero-order chi connectivity index (χ0) is 19.1. The van der Waals surface area contributed by atoms with E-state index in [1.165, 1.54) is 51.4 Å². The number of ether oxygens (including phenoxy) is 1. The molecule has 0 aromatic heterocycles. The number of hydrogen-bond donors (Lipinski definition) is 0. The summed E-state index contributed by atoms with van der Waals surface area (Å²) in [6, 6.07) is 0. The second kappa shape index (κ2) is 7.32. The first-order valence-corrected chi connectivity index (χ1v) is 11.0. The molecule has 0 saturated heterocycles. The van der Waals surface area contributed by atoms with E-state index in [4.69, 9.17) is 4.74 Å². The molecule has 0 aromatic rings. The van der Waals surface area contributed by atoms with Crippen molar-refractivity contribution in [2.24, 2.45) is 40.4 Å². The average molecular weight is 361 g/mol. The van der Waals surface area contributed by atoms with Crippen molar-refractivity contribution in [3.8, 4) is 0 Å². The first-order chi connectivity index (χ1) is 12.2. The van der Waals surface area contributed by atoms with E-state index < -0.39 is 0 Å². The van der Waals surface area contributed by atoms with E-state index in [-0.39, 0.29) is 11.4 Å². The van der Waals surface area contributed by atoms with Gasteiger partial charge in [-0.3, -0.25) is 0 Å². The summed E-state index contributed by atoms with van der Waals surface area (Å²) < 4.78 is 5.69. The van der Waals surface area contributed by atoms with Crippen LogP contribution in [0.2, 0.25) is 0 Å². The van der Waals surface area contributed by atoms with Gasteiger partial charge in [0.05, 0.1) is 6.61 Å². The van der Waals surface area contributed by atoms with E-state index >= 15 is 0 Å². The highest BCUT2D eigenvalue weighted by Crippen LogP contribution is 2.64. The van der Waals surface area contributed by atoms with Gasteiger partial charge in [0.1, 0.15) is 0 Å². The monoisotopic (exact) mass is 360 g/mol. The molecular weight excluding hydrogens is 320 g/mol. The van der Waals surface area contributed by atoms with E-state index in [1.54, 1.807) is 6.92 Å². The van der Waals surface area contributed by atoms with Crippen molar-refractivity contribution in [2.45, 2.75) is 86.0 Å². The minimum Gasteiger partial charge on any atom is -0.462 e. The Hall–Kier alpha value is -0.790. The Morgan fingerprint density at radius 1 is 1.15 bits per heavy atom. The zero-order valence-corrected chi connectivity index (χ0v) is 17.8. The van der Waals surface area contributed by atoms with Crippen LogP contribution < -0.4 is 0 Å². The van der Waals surface area contributed by atoms with Crippen molar-refractivity contribution in [1.29, 1.82) is 0 Å². The molecule has 6 atom stereocenters. The van der Waals surface area contributed by atoms with Crippen LogP contribution in [0.5, 0.6) is 0 Å². The van der Waals surface area contributed by atoms with Crippen molar-refractivity contribution >= 4 is 5.97 Å². The molecule has 3 rings (SSSR count). The van der Waals surface area contributed by atoms with Crippen LogP contribution in [0.4, 0.5) is 0 Å². The third-order valence-corrected chi connectivity index (χ3v) is 8.62. The number of carbonyl (C=O) groups is 1. The molecule has 3 fully saturated rings. The fraction of sp³-hybridized carbons (Fsp3) is 0.875. The zero-order valence-electron chi connectivity index (χ0n) is 17.8. The van der Waals surface area contributed by atoms with E-state index in [9.17, 15) is 4.79 Å². The summed E-state index contributed by atoms with van der Waals surface area (Å²) in [4.78, 5) is 12.0. The molecular formula is C24H40O2. The summed E-state index contributed by atoms with van der Waals surface area (Å²) >= 11 is 0. The fourth-order valence-electron chi connectivity index (χ4n) is 7.14. The molecule has 0 aliphatic heterocycles. The summed E-state index contributed by atoms with van der Waals surface area (Å²) in [6.07, 6.45) is 10.8. The van der Waals surface area contributed by atoms with Gasteiger partial charge in [-0.2, -0.15) is 0 Å². The van der Waals surface area contributed by atoms with Gasteiger partial charge in [0.15, 0.2) is 0 Å². The highest BCUT2D eigenvalue weighted by Gasteiger charge is 2.57. The van der Waals surface area contributed by atoms with Crippen LogP contribution in [0.15, 0.2) is 12.2 Å². The maximum Gasteiger partial charge on any atom is 0.333 e. The largest absolute Gasteiger partial charge is 0.462 e. The Balaban J connectivity index is 1.75. The minimum atomic E-state index is -0.218. The number of esters is 1. The van der Waals surface area contributed by atoms with Crippen LogP contribution in [0, 0.1) is 40.4 Å². The van der Waals surface area contributed by atoms with Crippen molar-refractivity contribution in [1.82, 2.24) is 0 Å². The lowest BCUT2D eigenvalue weighted by Crippen LogP contribution is -2.55. The number of rotatable bonds is 4. The highest BCUT2D eigenvalue weighted by atomic mass is 16.5. The second-order valence-corrected chi connectivity index (χ2v) is 10.7. The van der Waals surface area contributed by atoms with E-state index in [2.05, 4.69) is 34.3 Å². The van der Waals surface area contributed by atoms with Gasteiger partial charge in [-0.25, -0.2) is 4.79 Å². The molecule has 0 N–H and O–H groups in total. The third kappa shape index (κ3) is 3.50. The molecule has 148 valence electrons. The molecule has 3 aliphatic carbocycles. The summed E-state index contributed by atoms with van der Waals surface area (Å²) in [5.74, 6) is 4.05. The smallest absolute Gasteiger partial charge is 0.333 e. The van der Waals surface area contributed by atoms with Crippen molar-refractivity contribution < 1.29 is 9.53 Å². The van der Waals surface area contributed by atoms with Gasteiger partial charge in [-0.05, 0) is 86.9 Å². The normalized spacial score (nSPS) is 42.7. The molecule has 6 unspecified atom stereocenters. The fourth-order valence-corrected chi connectivity index (χ4v) is 7.14. The van der Waals surface area contributed by atoms with E-state index in [0.717, 1.165) is 23.7 Å². The van der Waals surface area contributed by atoms with Crippen LogP contribution >= 0.6 is 0 Å². The second-order valence-electron chi connectivity index (χ2n) is 10.7. The Morgan fingerprint density at radius 2 is 1.88 bits per heavy atom. The average Bonchev–Trinajstić information content (AvgIpc) is 2.59. The Labute approximate surface area is 161 Å². The van der Waals surface area contributed by atoms with Gasteiger partial charge < -0.3 is 4.74 Å². The van der Waals surface area contributed by atoms with Crippen LogP contribution in [0.25, 0.3) is 0 Å². The molecule has 26 heavy (non-hydrogen) atoms. The lowest BCUT2D eigenvalue weighted by Gasteiger charge is -2.61. The standard InChI is InChI=1S/C24H40O2/c1-16(2)18-8-10-20-19(14-18)9-11-21-23(5,12-7-13-24(20,21)6)15-26-22(25)17(3)4/h16,18-21H,3,7-15H2,1-2,4-6H3. The molecule has 0 spiro atoms. The molecule has 3 aliphatic rings. The lowest BCUT2D eigenvalue weighted by atomic mass is 9.44.